The molecule has 64 heavy (non-hydrogen) atoms. The van der Waals surface area contributed by atoms with Crippen molar-refractivity contribution in [1.82, 2.24) is 5.32 Å². The van der Waals surface area contributed by atoms with Crippen molar-refractivity contribution < 1.29 is 57.0 Å². The topological polar surface area (TPSA) is 149 Å². The van der Waals surface area contributed by atoms with Gasteiger partial charge in [0.2, 0.25) is 5.91 Å². The third-order valence-electron chi connectivity index (χ3n) is 11.8. The molecule has 2 aliphatic rings. The maximum Gasteiger partial charge on any atom is 0.303 e. The van der Waals surface area contributed by atoms with Crippen LogP contribution in [0.5, 0.6) is 0 Å². The van der Waals surface area contributed by atoms with Gasteiger partial charge in [-0.3, -0.25) is 9.59 Å². The number of amides is 1. The van der Waals surface area contributed by atoms with Gasteiger partial charge in [0.25, 0.3) is 0 Å². The number of rotatable bonds is 20. The predicted octanol–water partition coefficient (Wildman–Crippen LogP) is 7.24. The van der Waals surface area contributed by atoms with Gasteiger partial charge in [-0.2, -0.15) is 0 Å². The molecule has 0 bridgehead atoms. The SMILES string of the molecule is CC(=O)N[C@@H]1[C@H](O[C@@H]2[C@@H](OCc3ccccc3)[C@H](O)O[C@H](COCc3ccccc3)[C@@H]2OCc2ccccc2)O[C@H](COCc2ccccc2)[C@@H](OC(C)=O)[C@@H]1O[Si](C)(C)C(C)(C)C. The highest BCUT2D eigenvalue weighted by molar-refractivity contribution is 6.74. The zero-order valence-corrected chi connectivity index (χ0v) is 39.0. The number of benzene rings is 4. The maximum atomic E-state index is 13.3. The Morgan fingerprint density at radius 2 is 1.05 bits per heavy atom. The van der Waals surface area contributed by atoms with Crippen molar-refractivity contribution in [2.75, 3.05) is 13.2 Å². The monoisotopic (exact) mass is 899 g/mol. The van der Waals surface area contributed by atoms with Crippen LogP contribution in [0.2, 0.25) is 18.1 Å². The summed E-state index contributed by atoms with van der Waals surface area (Å²) in [5.41, 5.74) is 3.65. The highest BCUT2D eigenvalue weighted by atomic mass is 28.4. The normalized spacial score (nSPS) is 26.2. The lowest BCUT2D eigenvalue weighted by Gasteiger charge is -2.51. The number of aliphatic hydroxyl groups is 1. The van der Waals surface area contributed by atoms with E-state index in [4.69, 9.17) is 42.3 Å². The highest BCUT2D eigenvalue weighted by Crippen LogP contribution is 2.41. The number of hydrogen-bond acceptors (Lipinski definition) is 12. The van der Waals surface area contributed by atoms with E-state index in [-0.39, 0.29) is 50.6 Å². The van der Waals surface area contributed by atoms with Crippen molar-refractivity contribution in [3.63, 3.8) is 0 Å². The van der Waals surface area contributed by atoms with Crippen LogP contribution in [-0.2, 0) is 78.3 Å². The van der Waals surface area contributed by atoms with Gasteiger partial charge >= 0.3 is 5.97 Å². The molecule has 0 spiro atoms. The van der Waals surface area contributed by atoms with Gasteiger partial charge in [0, 0.05) is 13.8 Å². The lowest BCUT2D eigenvalue weighted by Crippen LogP contribution is -2.70. The molecule has 1 amide bonds. The van der Waals surface area contributed by atoms with Crippen LogP contribution in [0.25, 0.3) is 0 Å². The van der Waals surface area contributed by atoms with Crippen LogP contribution < -0.4 is 5.32 Å². The molecular weight excluding hydrogens is 835 g/mol. The molecule has 14 heteroatoms. The van der Waals surface area contributed by atoms with Crippen molar-refractivity contribution in [2.45, 2.75) is 141 Å². The Morgan fingerprint density at radius 1 is 0.609 bits per heavy atom. The third-order valence-corrected chi connectivity index (χ3v) is 16.3. The van der Waals surface area contributed by atoms with Gasteiger partial charge in [-0.25, -0.2) is 0 Å². The molecule has 0 unspecified atom stereocenters. The number of carbonyl (C=O) groups is 2. The van der Waals surface area contributed by atoms with Crippen LogP contribution in [-0.4, -0.2) is 99.9 Å². The summed E-state index contributed by atoms with van der Waals surface area (Å²) >= 11 is 0. The first-order valence-electron chi connectivity index (χ1n) is 22.0. The van der Waals surface area contributed by atoms with E-state index in [0.717, 1.165) is 22.3 Å². The van der Waals surface area contributed by atoms with Gasteiger partial charge in [0.1, 0.15) is 42.7 Å². The second-order valence-electron chi connectivity index (χ2n) is 17.9. The second kappa shape index (κ2) is 23.2. The van der Waals surface area contributed by atoms with Gasteiger partial charge in [0.15, 0.2) is 27.0 Å². The first-order chi connectivity index (χ1) is 30.7. The average molecular weight is 900 g/mol. The van der Waals surface area contributed by atoms with Crippen molar-refractivity contribution >= 4 is 20.2 Å². The third kappa shape index (κ3) is 13.8. The molecule has 0 radical (unpaired) electrons. The zero-order chi connectivity index (χ0) is 45.7. The van der Waals surface area contributed by atoms with Crippen LogP contribution in [0.15, 0.2) is 121 Å². The average Bonchev–Trinajstić information content (AvgIpc) is 3.26. The van der Waals surface area contributed by atoms with Crippen LogP contribution in [0.1, 0.15) is 56.9 Å². The molecule has 2 saturated heterocycles. The summed E-state index contributed by atoms with van der Waals surface area (Å²) in [6.07, 6.45) is -9.68. The van der Waals surface area contributed by atoms with Gasteiger partial charge in [-0.05, 0) is 40.4 Å². The largest absolute Gasteiger partial charge is 0.457 e. The Morgan fingerprint density at radius 3 is 1.48 bits per heavy atom. The standard InChI is InChI=1S/C50H65NO12Si/c1-34(52)51-42-45(63-64(6,7)50(3,4)5)44(59-35(2)53)41(33-56-29-37-22-14-9-15-23-37)61-49(42)62-46-43(57-30-38-24-16-10-17-25-38)40(32-55-28-36-20-12-8-13-21-36)60-48(54)47(46)58-31-39-26-18-11-19-27-39/h8-27,40-49,54H,28-33H2,1-7H3,(H,51,52)/t40-,41-,42+,43+,44-,45-,46+,47-,48-,49+/m1/s1. The van der Waals surface area contributed by atoms with Crippen molar-refractivity contribution in [3.05, 3.63) is 144 Å². The minimum absolute atomic E-state index is 0.0227. The first-order valence-corrected chi connectivity index (χ1v) is 24.9. The summed E-state index contributed by atoms with van der Waals surface area (Å²) in [7, 11) is -2.69. The number of nitrogens with one attached hydrogen (secondary N) is 1. The van der Waals surface area contributed by atoms with Crippen LogP contribution in [0.4, 0.5) is 0 Å². The first kappa shape index (κ1) is 49.1. The minimum atomic E-state index is -2.69. The summed E-state index contributed by atoms with van der Waals surface area (Å²) in [6.45, 7) is 14.0. The number of hydrogen-bond donors (Lipinski definition) is 2. The summed E-state index contributed by atoms with van der Waals surface area (Å²) in [5, 5.41) is 14.7. The second-order valence-corrected chi connectivity index (χ2v) is 22.6. The van der Waals surface area contributed by atoms with E-state index < -0.39 is 75.6 Å². The summed E-state index contributed by atoms with van der Waals surface area (Å²) in [4.78, 5) is 26.2. The highest BCUT2D eigenvalue weighted by Gasteiger charge is 2.56. The predicted molar refractivity (Wildman–Crippen MR) is 242 cm³/mol. The van der Waals surface area contributed by atoms with Gasteiger partial charge in [-0.15, -0.1) is 0 Å². The van der Waals surface area contributed by atoms with E-state index in [1.165, 1.54) is 13.8 Å². The zero-order valence-electron chi connectivity index (χ0n) is 38.0. The lowest BCUT2D eigenvalue weighted by molar-refractivity contribution is -0.354. The van der Waals surface area contributed by atoms with Crippen LogP contribution in [0.3, 0.4) is 0 Å². The summed E-state index contributed by atoms with van der Waals surface area (Å²) in [5.74, 6) is -0.944. The molecule has 4 aromatic rings. The fourth-order valence-corrected chi connectivity index (χ4v) is 8.83. The smallest absolute Gasteiger partial charge is 0.303 e. The van der Waals surface area contributed by atoms with Gasteiger partial charge in [0.05, 0.1) is 39.6 Å². The van der Waals surface area contributed by atoms with E-state index in [1.807, 2.05) is 121 Å². The van der Waals surface area contributed by atoms with Crippen molar-refractivity contribution in [3.8, 4) is 0 Å². The fourth-order valence-electron chi connectivity index (χ4n) is 7.52. The molecular formula is C50H65NO12Si. The Bertz CT molecular complexity index is 2000. The Hall–Kier alpha value is -4.32. The molecule has 0 saturated carbocycles. The molecule has 2 aliphatic heterocycles. The Labute approximate surface area is 378 Å². The van der Waals surface area contributed by atoms with E-state index in [1.54, 1.807) is 0 Å². The van der Waals surface area contributed by atoms with Crippen molar-refractivity contribution in [1.29, 1.82) is 0 Å². The number of aliphatic hydroxyl groups excluding tert-OH is 1. The number of carbonyl (C=O) groups excluding carboxylic acids is 2. The molecule has 2 heterocycles. The van der Waals surface area contributed by atoms with Crippen molar-refractivity contribution in [2.24, 2.45) is 0 Å². The van der Waals surface area contributed by atoms with Gasteiger partial charge < -0.3 is 52.7 Å². The molecule has 13 nitrogen and oxygen atoms in total. The van der Waals surface area contributed by atoms with Gasteiger partial charge in [-0.1, -0.05) is 142 Å². The summed E-state index contributed by atoms with van der Waals surface area (Å²) < 4.78 is 59.4. The fraction of sp³-hybridized carbons (Fsp3) is 0.480. The molecule has 346 valence electrons. The number of ether oxygens (including phenoxy) is 8. The minimum Gasteiger partial charge on any atom is -0.457 e. The van der Waals surface area contributed by atoms with E-state index >= 15 is 0 Å². The lowest BCUT2D eigenvalue weighted by atomic mass is 9.95. The maximum absolute atomic E-state index is 13.3. The number of esters is 1. The molecule has 0 aliphatic carbocycles. The molecule has 6 rings (SSSR count). The molecule has 10 atom stereocenters. The van der Waals surface area contributed by atoms with E-state index in [2.05, 4.69) is 39.2 Å². The van der Waals surface area contributed by atoms with E-state index in [0.29, 0.717) is 0 Å². The van der Waals surface area contributed by atoms with Crippen LogP contribution in [0, 0.1) is 0 Å². The molecule has 0 aromatic heterocycles. The molecule has 4 aromatic carbocycles. The molecule has 2 N–H and O–H groups in total. The summed E-state index contributed by atoms with van der Waals surface area (Å²) in [6, 6.07) is 37.7. The molecule has 2 fully saturated rings. The quantitative estimate of drug-likeness (QED) is 0.0680. The van der Waals surface area contributed by atoms with E-state index in [9.17, 15) is 14.7 Å². The Balaban J connectivity index is 1.41. The Kier molecular flexibility index (Phi) is 17.8. The van der Waals surface area contributed by atoms with Crippen LogP contribution >= 0.6 is 0 Å².